The number of hydrogen-bond acceptors (Lipinski definition) is 3. The number of rotatable bonds is 3. The first-order chi connectivity index (χ1) is 8.20. The Morgan fingerprint density at radius 2 is 2.35 bits per heavy atom. The Kier molecular flexibility index (Phi) is 3.64. The van der Waals surface area contributed by atoms with E-state index in [0.717, 1.165) is 30.6 Å². The van der Waals surface area contributed by atoms with Crippen molar-refractivity contribution in [2.24, 2.45) is 0 Å². The summed E-state index contributed by atoms with van der Waals surface area (Å²) < 4.78 is 5.25. The molecule has 1 aromatic carbocycles. The molecule has 1 atom stereocenters. The molecule has 92 valence electrons. The third-order valence-electron chi connectivity index (χ3n) is 2.99. The molecule has 0 bridgehead atoms. The van der Waals surface area contributed by atoms with Crippen molar-refractivity contribution in [1.29, 1.82) is 0 Å². The molecule has 0 unspecified atom stereocenters. The van der Waals surface area contributed by atoms with Crippen LogP contribution in [0.3, 0.4) is 0 Å². The van der Waals surface area contributed by atoms with Crippen molar-refractivity contribution in [2.75, 3.05) is 19.0 Å². The zero-order chi connectivity index (χ0) is 12.3. The third kappa shape index (κ3) is 2.77. The molecule has 1 fully saturated rings. The molecule has 1 aromatic rings. The van der Waals surface area contributed by atoms with Gasteiger partial charge in [-0.25, -0.2) is 0 Å². The van der Waals surface area contributed by atoms with E-state index in [-0.39, 0.29) is 11.9 Å². The molecule has 1 aliphatic rings. The molecule has 4 nitrogen and oxygen atoms in total. The molecule has 4 heteroatoms. The molecule has 17 heavy (non-hydrogen) atoms. The highest BCUT2D eigenvalue weighted by atomic mass is 16.5. The summed E-state index contributed by atoms with van der Waals surface area (Å²) >= 11 is 0. The number of carbonyl (C=O) groups is 1. The summed E-state index contributed by atoms with van der Waals surface area (Å²) in [5.41, 5.74) is 1.84. The number of benzene rings is 1. The minimum Gasteiger partial charge on any atom is -0.495 e. The maximum atomic E-state index is 11.9. The number of methoxy groups -OCH3 is 1. The van der Waals surface area contributed by atoms with E-state index in [4.69, 9.17) is 4.74 Å². The SMILES string of the molecule is COc1cc(C)ccc1NC(=O)[C@@H]1CCCN1. The summed E-state index contributed by atoms with van der Waals surface area (Å²) in [5, 5.41) is 6.08. The van der Waals surface area contributed by atoms with Gasteiger partial charge in [0.25, 0.3) is 0 Å². The van der Waals surface area contributed by atoms with Gasteiger partial charge in [0.1, 0.15) is 5.75 Å². The predicted molar refractivity (Wildman–Crippen MR) is 67.4 cm³/mol. The van der Waals surface area contributed by atoms with Crippen molar-refractivity contribution < 1.29 is 9.53 Å². The van der Waals surface area contributed by atoms with Gasteiger partial charge in [-0.15, -0.1) is 0 Å². The van der Waals surface area contributed by atoms with Crippen LogP contribution in [-0.4, -0.2) is 25.6 Å². The van der Waals surface area contributed by atoms with E-state index in [2.05, 4.69) is 10.6 Å². The Labute approximate surface area is 101 Å². The minimum atomic E-state index is -0.0685. The summed E-state index contributed by atoms with van der Waals surface area (Å²) in [5.74, 6) is 0.723. The number of aryl methyl sites for hydroxylation is 1. The maximum absolute atomic E-state index is 11.9. The van der Waals surface area contributed by atoms with Gasteiger partial charge < -0.3 is 15.4 Å². The molecule has 1 amide bonds. The molecule has 2 rings (SSSR count). The van der Waals surface area contributed by atoms with Crippen molar-refractivity contribution in [2.45, 2.75) is 25.8 Å². The number of carbonyl (C=O) groups excluding carboxylic acids is 1. The summed E-state index contributed by atoms with van der Waals surface area (Å²) in [6, 6.07) is 5.68. The van der Waals surface area contributed by atoms with E-state index in [1.807, 2.05) is 25.1 Å². The lowest BCUT2D eigenvalue weighted by atomic mass is 10.2. The average molecular weight is 234 g/mol. The Bertz CT molecular complexity index is 412. The molecule has 0 radical (unpaired) electrons. The van der Waals surface area contributed by atoms with Gasteiger partial charge in [0, 0.05) is 0 Å². The van der Waals surface area contributed by atoms with Crippen LogP contribution in [0.15, 0.2) is 18.2 Å². The maximum Gasteiger partial charge on any atom is 0.241 e. The smallest absolute Gasteiger partial charge is 0.241 e. The largest absolute Gasteiger partial charge is 0.495 e. The lowest BCUT2D eigenvalue weighted by Crippen LogP contribution is -2.35. The van der Waals surface area contributed by atoms with Crippen LogP contribution in [0.4, 0.5) is 5.69 Å². The zero-order valence-electron chi connectivity index (χ0n) is 10.2. The molecule has 1 heterocycles. The zero-order valence-corrected chi connectivity index (χ0v) is 10.2. The number of hydrogen-bond donors (Lipinski definition) is 2. The number of nitrogens with one attached hydrogen (secondary N) is 2. The van der Waals surface area contributed by atoms with E-state index in [1.165, 1.54) is 0 Å². The summed E-state index contributed by atoms with van der Waals surface area (Å²) in [4.78, 5) is 11.9. The first-order valence-electron chi connectivity index (χ1n) is 5.89. The van der Waals surface area contributed by atoms with Crippen LogP contribution in [0.2, 0.25) is 0 Å². The van der Waals surface area contributed by atoms with E-state index in [0.29, 0.717) is 5.75 Å². The molecular formula is C13H18N2O2. The molecule has 1 saturated heterocycles. The van der Waals surface area contributed by atoms with Gasteiger partial charge in [-0.1, -0.05) is 6.07 Å². The van der Waals surface area contributed by atoms with Gasteiger partial charge in [0.05, 0.1) is 18.8 Å². The van der Waals surface area contributed by atoms with Crippen LogP contribution >= 0.6 is 0 Å². The first kappa shape index (κ1) is 11.9. The molecule has 0 aliphatic carbocycles. The quantitative estimate of drug-likeness (QED) is 0.837. The van der Waals surface area contributed by atoms with Crippen molar-refractivity contribution in [3.63, 3.8) is 0 Å². The summed E-state index contributed by atoms with van der Waals surface area (Å²) in [6.45, 7) is 2.91. The van der Waals surface area contributed by atoms with Crippen LogP contribution < -0.4 is 15.4 Å². The fraction of sp³-hybridized carbons (Fsp3) is 0.462. The summed E-state index contributed by atoms with van der Waals surface area (Å²) in [6.07, 6.45) is 1.96. The van der Waals surface area contributed by atoms with Gasteiger partial charge in [-0.05, 0) is 44.0 Å². The Hall–Kier alpha value is -1.55. The van der Waals surface area contributed by atoms with Crippen molar-refractivity contribution in [3.05, 3.63) is 23.8 Å². The fourth-order valence-corrected chi connectivity index (χ4v) is 2.03. The van der Waals surface area contributed by atoms with Gasteiger partial charge in [0.15, 0.2) is 0 Å². The van der Waals surface area contributed by atoms with Gasteiger partial charge >= 0.3 is 0 Å². The standard InChI is InChI=1S/C13H18N2O2/c1-9-5-6-10(12(8-9)17-2)15-13(16)11-4-3-7-14-11/h5-6,8,11,14H,3-4,7H2,1-2H3,(H,15,16)/t11-/m0/s1. The normalized spacial score (nSPS) is 19.1. The Balaban J connectivity index is 2.09. The van der Waals surface area contributed by atoms with Crippen LogP contribution in [0, 0.1) is 6.92 Å². The molecule has 0 aromatic heterocycles. The average Bonchev–Trinajstić information content (AvgIpc) is 2.85. The summed E-state index contributed by atoms with van der Waals surface area (Å²) in [7, 11) is 1.61. The van der Waals surface area contributed by atoms with Crippen LogP contribution in [0.1, 0.15) is 18.4 Å². The number of ether oxygens (including phenoxy) is 1. The molecule has 1 aliphatic heterocycles. The molecule has 0 spiro atoms. The van der Waals surface area contributed by atoms with Crippen LogP contribution in [0.25, 0.3) is 0 Å². The van der Waals surface area contributed by atoms with Crippen LogP contribution in [-0.2, 0) is 4.79 Å². The van der Waals surface area contributed by atoms with Crippen LogP contribution in [0.5, 0.6) is 5.75 Å². The van der Waals surface area contributed by atoms with Crippen molar-refractivity contribution in [3.8, 4) is 5.75 Å². The van der Waals surface area contributed by atoms with E-state index in [9.17, 15) is 4.79 Å². The van der Waals surface area contributed by atoms with Crippen molar-refractivity contribution in [1.82, 2.24) is 5.32 Å². The number of amides is 1. The van der Waals surface area contributed by atoms with Gasteiger partial charge in [-0.2, -0.15) is 0 Å². The highest BCUT2D eigenvalue weighted by Gasteiger charge is 2.22. The van der Waals surface area contributed by atoms with Gasteiger partial charge in [0.2, 0.25) is 5.91 Å². The molecule has 0 saturated carbocycles. The fourth-order valence-electron chi connectivity index (χ4n) is 2.03. The van der Waals surface area contributed by atoms with E-state index < -0.39 is 0 Å². The second-order valence-electron chi connectivity index (χ2n) is 4.34. The minimum absolute atomic E-state index is 0.0182. The van der Waals surface area contributed by atoms with E-state index in [1.54, 1.807) is 7.11 Å². The monoisotopic (exact) mass is 234 g/mol. The second-order valence-corrected chi connectivity index (χ2v) is 4.34. The number of anilines is 1. The highest BCUT2D eigenvalue weighted by molar-refractivity contribution is 5.96. The van der Waals surface area contributed by atoms with Gasteiger partial charge in [-0.3, -0.25) is 4.79 Å². The predicted octanol–water partition coefficient (Wildman–Crippen LogP) is 1.69. The topological polar surface area (TPSA) is 50.4 Å². The third-order valence-corrected chi connectivity index (χ3v) is 2.99. The molecular weight excluding hydrogens is 216 g/mol. The lowest BCUT2D eigenvalue weighted by Gasteiger charge is -2.14. The van der Waals surface area contributed by atoms with E-state index >= 15 is 0 Å². The first-order valence-corrected chi connectivity index (χ1v) is 5.89. The molecule has 2 N–H and O–H groups in total. The Morgan fingerprint density at radius 3 is 3.00 bits per heavy atom. The lowest BCUT2D eigenvalue weighted by molar-refractivity contribution is -0.117. The highest BCUT2D eigenvalue weighted by Crippen LogP contribution is 2.25. The van der Waals surface area contributed by atoms with Crippen molar-refractivity contribution >= 4 is 11.6 Å². The second kappa shape index (κ2) is 5.19. The Morgan fingerprint density at radius 1 is 1.53 bits per heavy atom.